The van der Waals surface area contributed by atoms with Crippen LogP contribution >= 0.6 is 0 Å². The summed E-state index contributed by atoms with van der Waals surface area (Å²) in [5.41, 5.74) is 14.3. The van der Waals surface area contributed by atoms with Gasteiger partial charge < -0.3 is 10.7 Å². The zero-order valence-corrected chi connectivity index (χ0v) is 18.2. The van der Waals surface area contributed by atoms with Gasteiger partial charge in [-0.2, -0.15) is 10.2 Å². The minimum atomic E-state index is -0.101. The molecule has 0 spiro atoms. The monoisotopic (exact) mass is 435 g/mol. The Labute approximate surface area is 189 Å². The Balaban J connectivity index is 1.28. The molecule has 5 aromatic rings. The first-order chi connectivity index (χ1) is 16.0. The number of aryl methyl sites for hydroxylation is 2. The minimum absolute atomic E-state index is 0.101. The second-order valence-corrected chi connectivity index (χ2v) is 8.37. The van der Waals surface area contributed by atoms with Crippen LogP contribution in [0.15, 0.2) is 60.6 Å². The lowest BCUT2D eigenvalue weighted by Crippen LogP contribution is -2.08. The van der Waals surface area contributed by atoms with Crippen molar-refractivity contribution in [3.8, 4) is 16.8 Å². The molecule has 0 aliphatic heterocycles. The summed E-state index contributed by atoms with van der Waals surface area (Å²) in [6, 6.07) is 12.0. The number of carbonyl (C=O) groups is 1. The number of nitrogens with one attached hydrogen (secondary N) is 1. The number of rotatable bonds is 4. The summed E-state index contributed by atoms with van der Waals surface area (Å²) >= 11 is 0. The van der Waals surface area contributed by atoms with Crippen molar-refractivity contribution in [2.45, 2.75) is 13.3 Å². The summed E-state index contributed by atoms with van der Waals surface area (Å²) in [7, 11) is 1.90. The number of ketones is 1. The van der Waals surface area contributed by atoms with Gasteiger partial charge in [-0.3, -0.25) is 9.48 Å². The number of fused-ring (bicyclic) bond motifs is 2. The maximum Gasteiger partial charge on any atom is 0.194 e. The Bertz CT molecular complexity index is 1600. The molecular formula is C25H21N7O. The predicted molar refractivity (Wildman–Crippen MR) is 127 cm³/mol. The maximum absolute atomic E-state index is 13.3. The highest BCUT2D eigenvalue weighted by molar-refractivity contribution is 6.15. The van der Waals surface area contributed by atoms with Crippen LogP contribution in [0.5, 0.6) is 0 Å². The van der Waals surface area contributed by atoms with Crippen LogP contribution in [0, 0.1) is 6.92 Å². The fourth-order valence-electron chi connectivity index (χ4n) is 4.41. The lowest BCUT2D eigenvalue weighted by molar-refractivity contribution is 0.103. The summed E-state index contributed by atoms with van der Waals surface area (Å²) in [4.78, 5) is 21.0. The van der Waals surface area contributed by atoms with Crippen LogP contribution in [0.3, 0.4) is 0 Å². The van der Waals surface area contributed by atoms with Gasteiger partial charge in [0.05, 0.1) is 34.7 Å². The second kappa shape index (κ2) is 7.03. The van der Waals surface area contributed by atoms with Crippen molar-refractivity contribution in [3.05, 3.63) is 83.1 Å². The molecule has 0 fully saturated rings. The maximum atomic E-state index is 13.3. The van der Waals surface area contributed by atoms with E-state index < -0.39 is 0 Å². The summed E-state index contributed by atoms with van der Waals surface area (Å²) in [5.74, 6) is 1.06. The lowest BCUT2D eigenvalue weighted by atomic mass is 10.0. The fraction of sp³-hybridized carbons (Fsp3) is 0.120. The van der Waals surface area contributed by atoms with Gasteiger partial charge in [-0.1, -0.05) is 18.2 Å². The fourth-order valence-corrected chi connectivity index (χ4v) is 4.41. The van der Waals surface area contributed by atoms with Gasteiger partial charge in [0, 0.05) is 30.8 Å². The molecule has 0 amide bonds. The third-order valence-corrected chi connectivity index (χ3v) is 6.06. The van der Waals surface area contributed by atoms with E-state index in [-0.39, 0.29) is 5.78 Å². The number of imidazole rings is 1. The van der Waals surface area contributed by atoms with Gasteiger partial charge >= 0.3 is 0 Å². The minimum Gasteiger partial charge on any atom is -0.383 e. The highest BCUT2D eigenvalue weighted by atomic mass is 16.1. The van der Waals surface area contributed by atoms with E-state index in [9.17, 15) is 4.79 Å². The first-order valence-electron chi connectivity index (χ1n) is 10.6. The molecule has 0 saturated heterocycles. The number of anilines is 1. The van der Waals surface area contributed by atoms with E-state index in [0.29, 0.717) is 23.4 Å². The molecule has 33 heavy (non-hydrogen) atoms. The third kappa shape index (κ3) is 3.15. The Morgan fingerprint density at radius 2 is 1.97 bits per heavy atom. The van der Waals surface area contributed by atoms with E-state index in [0.717, 1.165) is 44.8 Å². The Hall–Kier alpha value is -4.46. The highest BCUT2D eigenvalue weighted by Gasteiger charge is 2.24. The average molecular weight is 435 g/mol. The van der Waals surface area contributed by atoms with Crippen molar-refractivity contribution in [1.82, 2.24) is 29.5 Å². The number of carbonyl (C=O) groups excluding carboxylic acids is 1. The van der Waals surface area contributed by atoms with E-state index in [1.54, 1.807) is 15.6 Å². The molecule has 0 bridgehead atoms. The predicted octanol–water partition coefficient (Wildman–Crippen LogP) is 3.86. The SMILES string of the molecule is Cc1nc2ccc(-n3ncc(C(=O)C4=Cc5ccc(-c6cnn(C)c6)cc5C4)c3N)cc2[nH]1. The Morgan fingerprint density at radius 3 is 2.79 bits per heavy atom. The van der Waals surface area contributed by atoms with E-state index >= 15 is 0 Å². The van der Waals surface area contributed by atoms with Gasteiger partial charge in [0.15, 0.2) is 5.78 Å². The van der Waals surface area contributed by atoms with Gasteiger partial charge in [0.1, 0.15) is 11.6 Å². The molecule has 0 radical (unpaired) electrons. The largest absolute Gasteiger partial charge is 0.383 e. The van der Waals surface area contributed by atoms with Crippen LogP contribution in [0.1, 0.15) is 27.3 Å². The van der Waals surface area contributed by atoms with Crippen molar-refractivity contribution >= 4 is 28.7 Å². The van der Waals surface area contributed by atoms with Crippen LogP contribution in [-0.4, -0.2) is 35.3 Å². The van der Waals surface area contributed by atoms with Crippen molar-refractivity contribution in [1.29, 1.82) is 0 Å². The molecule has 1 aliphatic rings. The molecule has 0 atom stereocenters. The summed E-state index contributed by atoms with van der Waals surface area (Å²) in [5, 5.41) is 8.64. The van der Waals surface area contributed by atoms with Crippen molar-refractivity contribution in [2.75, 3.05) is 5.73 Å². The Morgan fingerprint density at radius 1 is 1.09 bits per heavy atom. The normalized spacial score (nSPS) is 12.8. The van der Waals surface area contributed by atoms with Crippen LogP contribution in [0.4, 0.5) is 5.82 Å². The number of Topliss-reactive ketones (excluding diaryl/α,β-unsaturated/α-hetero) is 1. The summed E-state index contributed by atoms with van der Waals surface area (Å²) in [6.45, 7) is 1.91. The first kappa shape index (κ1) is 19.2. The van der Waals surface area contributed by atoms with Crippen LogP contribution in [0.2, 0.25) is 0 Å². The molecule has 8 heteroatoms. The molecule has 0 saturated carbocycles. The molecule has 8 nitrogen and oxygen atoms in total. The average Bonchev–Trinajstić information content (AvgIpc) is 3.57. The molecule has 162 valence electrons. The van der Waals surface area contributed by atoms with Gasteiger partial charge in [0.25, 0.3) is 0 Å². The number of nitrogens with zero attached hydrogens (tertiary/aromatic N) is 5. The van der Waals surface area contributed by atoms with Gasteiger partial charge in [0.2, 0.25) is 0 Å². The van der Waals surface area contributed by atoms with Gasteiger partial charge in [-0.05, 0) is 47.9 Å². The van der Waals surface area contributed by atoms with Crippen molar-refractivity contribution < 1.29 is 4.79 Å². The lowest BCUT2D eigenvalue weighted by Gasteiger charge is -2.06. The molecule has 2 aromatic carbocycles. The number of nitrogens with two attached hydrogens (primary N) is 1. The van der Waals surface area contributed by atoms with Crippen LogP contribution < -0.4 is 5.73 Å². The Kier molecular flexibility index (Phi) is 4.10. The van der Waals surface area contributed by atoms with Crippen LogP contribution in [0.25, 0.3) is 33.9 Å². The van der Waals surface area contributed by atoms with Crippen LogP contribution in [-0.2, 0) is 13.5 Å². The molecule has 3 aromatic heterocycles. The third-order valence-electron chi connectivity index (χ3n) is 6.06. The van der Waals surface area contributed by atoms with Gasteiger partial charge in [-0.25, -0.2) is 9.67 Å². The summed E-state index contributed by atoms with van der Waals surface area (Å²) < 4.78 is 3.37. The van der Waals surface area contributed by atoms with E-state index in [1.807, 2.05) is 56.7 Å². The van der Waals surface area contributed by atoms with Gasteiger partial charge in [-0.15, -0.1) is 0 Å². The zero-order chi connectivity index (χ0) is 22.7. The highest BCUT2D eigenvalue weighted by Crippen LogP contribution is 2.32. The van der Waals surface area contributed by atoms with Crippen molar-refractivity contribution in [2.24, 2.45) is 7.05 Å². The first-order valence-corrected chi connectivity index (χ1v) is 10.6. The molecular weight excluding hydrogens is 414 g/mol. The topological polar surface area (TPSA) is 107 Å². The molecule has 3 heterocycles. The number of H-pyrrole nitrogens is 1. The molecule has 1 aliphatic carbocycles. The number of hydrogen-bond acceptors (Lipinski definition) is 5. The number of hydrogen-bond donors (Lipinski definition) is 2. The summed E-state index contributed by atoms with van der Waals surface area (Å²) in [6.07, 6.45) is 7.87. The van der Waals surface area contributed by atoms with E-state index in [1.165, 1.54) is 0 Å². The number of nitrogen functional groups attached to an aromatic ring is 1. The van der Waals surface area contributed by atoms with Crippen molar-refractivity contribution in [3.63, 3.8) is 0 Å². The number of benzene rings is 2. The number of aromatic nitrogens is 6. The zero-order valence-electron chi connectivity index (χ0n) is 18.2. The number of allylic oxidation sites excluding steroid dienone is 1. The number of aromatic amines is 1. The molecule has 6 rings (SSSR count). The second-order valence-electron chi connectivity index (χ2n) is 8.37. The smallest absolute Gasteiger partial charge is 0.194 e. The quantitative estimate of drug-likeness (QED) is 0.417. The van der Waals surface area contributed by atoms with E-state index in [4.69, 9.17) is 5.73 Å². The van der Waals surface area contributed by atoms with E-state index in [2.05, 4.69) is 32.3 Å². The standard InChI is InChI=1S/C25H21N7O/c1-14-29-22-6-5-20(10-23(22)30-14)32-25(26)21(12-28-32)24(33)18-8-15-3-4-16(7-17(15)9-18)19-11-27-31(2)13-19/h3-8,10-13H,9,26H2,1-2H3,(H,29,30). The molecule has 0 unspecified atom stereocenters. The molecule has 3 N–H and O–H groups in total.